The van der Waals surface area contributed by atoms with Gasteiger partial charge in [0.1, 0.15) is 0 Å². The van der Waals surface area contributed by atoms with Crippen molar-refractivity contribution in [2.24, 2.45) is 0 Å². The number of carbonyl (C=O) groups is 1. The highest BCUT2D eigenvalue weighted by atomic mass is 19.1. The van der Waals surface area contributed by atoms with E-state index in [4.69, 9.17) is 0 Å². The predicted molar refractivity (Wildman–Crippen MR) is 92.8 cm³/mol. The summed E-state index contributed by atoms with van der Waals surface area (Å²) in [6.45, 7) is 2.12. The highest BCUT2D eigenvalue weighted by molar-refractivity contribution is 5.68. The summed E-state index contributed by atoms with van der Waals surface area (Å²) < 4.78 is 18.1. The molecule has 0 heterocycles. The first-order chi connectivity index (χ1) is 11.1. The molecule has 4 heteroatoms. The third-order valence-corrected chi connectivity index (χ3v) is 3.74. The average molecular weight is 328 g/mol. The molecule has 0 radical (unpaired) electrons. The highest BCUT2D eigenvalue weighted by Crippen LogP contribution is 2.13. The van der Waals surface area contributed by atoms with Gasteiger partial charge in [0.05, 0.1) is 19.0 Å². The third-order valence-electron chi connectivity index (χ3n) is 3.74. The quantitative estimate of drug-likeness (QED) is 0.269. The van der Waals surface area contributed by atoms with E-state index in [0.29, 0.717) is 12.8 Å². The van der Waals surface area contributed by atoms with E-state index in [1.165, 1.54) is 13.2 Å². The Kier molecular flexibility index (Phi) is 14.9. The van der Waals surface area contributed by atoms with Gasteiger partial charge in [-0.2, -0.15) is 0 Å². The lowest BCUT2D eigenvalue weighted by Gasteiger charge is -2.03. The van der Waals surface area contributed by atoms with E-state index >= 15 is 0 Å². The van der Waals surface area contributed by atoms with Gasteiger partial charge in [0.15, 0.2) is 0 Å². The zero-order chi connectivity index (χ0) is 17.3. The van der Waals surface area contributed by atoms with E-state index in [-0.39, 0.29) is 11.8 Å². The van der Waals surface area contributed by atoms with Gasteiger partial charge in [-0.15, -0.1) is 0 Å². The maximum atomic E-state index is 13.6. The van der Waals surface area contributed by atoms with Crippen LogP contribution in [0.1, 0.15) is 77.6 Å². The molecule has 1 atom stereocenters. The zero-order valence-electron chi connectivity index (χ0n) is 14.7. The minimum Gasteiger partial charge on any atom is -0.469 e. The number of carbonyl (C=O) groups excluding carboxylic acids is 1. The van der Waals surface area contributed by atoms with E-state index in [0.717, 1.165) is 57.8 Å². The van der Waals surface area contributed by atoms with Crippen LogP contribution in [-0.2, 0) is 9.53 Å². The van der Waals surface area contributed by atoms with Gasteiger partial charge in [-0.3, -0.25) is 4.79 Å². The van der Waals surface area contributed by atoms with Crippen molar-refractivity contribution in [1.82, 2.24) is 0 Å². The molecule has 0 aliphatic carbocycles. The number of unbranched alkanes of at least 4 members (excludes halogenated alkanes) is 6. The van der Waals surface area contributed by atoms with E-state index in [1.807, 2.05) is 0 Å². The standard InChI is InChI=1S/C19H33FO3/c1-3-4-8-14-18(21)15-11-13-17(20)12-9-6-5-7-10-16-19(22)23-2/h11,13,15,18,21H,3-10,12,14,16H2,1-2H3/b15-11+,17-13+. The van der Waals surface area contributed by atoms with E-state index in [2.05, 4.69) is 11.7 Å². The molecule has 0 rings (SSSR count). The van der Waals surface area contributed by atoms with Gasteiger partial charge in [0.2, 0.25) is 0 Å². The minimum atomic E-state index is -0.472. The van der Waals surface area contributed by atoms with Crippen LogP contribution in [0, 0.1) is 0 Å². The van der Waals surface area contributed by atoms with Crippen LogP contribution in [0.5, 0.6) is 0 Å². The first-order valence-corrected chi connectivity index (χ1v) is 8.87. The van der Waals surface area contributed by atoms with Crippen molar-refractivity contribution in [1.29, 1.82) is 0 Å². The lowest BCUT2D eigenvalue weighted by atomic mass is 10.1. The van der Waals surface area contributed by atoms with Gasteiger partial charge in [-0.1, -0.05) is 57.6 Å². The predicted octanol–water partition coefficient (Wildman–Crippen LogP) is 5.24. The molecule has 0 fully saturated rings. The van der Waals surface area contributed by atoms with Crippen molar-refractivity contribution in [3.63, 3.8) is 0 Å². The number of aliphatic hydroxyl groups is 1. The van der Waals surface area contributed by atoms with Crippen LogP contribution in [0.4, 0.5) is 4.39 Å². The maximum absolute atomic E-state index is 13.6. The summed E-state index contributed by atoms with van der Waals surface area (Å²) in [5, 5.41) is 9.67. The Morgan fingerprint density at radius 3 is 2.39 bits per heavy atom. The fourth-order valence-electron chi connectivity index (χ4n) is 2.27. The largest absolute Gasteiger partial charge is 0.469 e. The number of rotatable bonds is 14. The highest BCUT2D eigenvalue weighted by Gasteiger charge is 2.00. The number of hydrogen-bond donors (Lipinski definition) is 1. The van der Waals surface area contributed by atoms with E-state index < -0.39 is 6.10 Å². The number of halogens is 1. The number of hydrogen-bond acceptors (Lipinski definition) is 3. The molecule has 0 aromatic rings. The smallest absolute Gasteiger partial charge is 0.305 e. The second-order valence-corrected chi connectivity index (χ2v) is 5.91. The van der Waals surface area contributed by atoms with Gasteiger partial charge in [0.25, 0.3) is 0 Å². The molecule has 3 nitrogen and oxygen atoms in total. The fraction of sp³-hybridized carbons (Fsp3) is 0.737. The fourth-order valence-corrected chi connectivity index (χ4v) is 2.27. The number of esters is 1. The summed E-state index contributed by atoms with van der Waals surface area (Å²) in [5.74, 6) is -0.306. The number of aliphatic hydroxyl groups excluding tert-OH is 1. The topological polar surface area (TPSA) is 46.5 Å². The van der Waals surface area contributed by atoms with E-state index in [1.54, 1.807) is 12.2 Å². The van der Waals surface area contributed by atoms with Crippen LogP contribution >= 0.6 is 0 Å². The Hall–Kier alpha value is -1.16. The summed E-state index contributed by atoms with van der Waals surface area (Å²) in [7, 11) is 1.40. The Morgan fingerprint density at radius 2 is 1.74 bits per heavy atom. The van der Waals surface area contributed by atoms with Crippen LogP contribution < -0.4 is 0 Å². The van der Waals surface area contributed by atoms with Crippen LogP contribution in [0.3, 0.4) is 0 Å². The molecule has 0 spiro atoms. The molecule has 134 valence electrons. The van der Waals surface area contributed by atoms with Crippen molar-refractivity contribution in [2.45, 2.75) is 83.7 Å². The Balaban J connectivity index is 3.60. The monoisotopic (exact) mass is 328 g/mol. The maximum Gasteiger partial charge on any atom is 0.305 e. The Bertz CT molecular complexity index is 351. The lowest BCUT2D eigenvalue weighted by Crippen LogP contribution is -2.00. The van der Waals surface area contributed by atoms with Crippen molar-refractivity contribution in [3.05, 3.63) is 24.1 Å². The molecule has 1 unspecified atom stereocenters. The van der Waals surface area contributed by atoms with Crippen molar-refractivity contribution < 1.29 is 19.0 Å². The number of ether oxygens (including phenoxy) is 1. The average Bonchev–Trinajstić information content (AvgIpc) is 2.53. The second kappa shape index (κ2) is 15.7. The first kappa shape index (κ1) is 21.8. The van der Waals surface area contributed by atoms with Crippen LogP contribution in [-0.4, -0.2) is 24.3 Å². The molecule has 0 aliphatic rings. The molecule has 0 aromatic heterocycles. The molecular formula is C19H33FO3. The Morgan fingerprint density at radius 1 is 1.09 bits per heavy atom. The number of allylic oxidation sites excluding steroid dienone is 3. The molecule has 0 aromatic carbocycles. The SMILES string of the molecule is CCCCCC(O)/C=C/C=C(/F)CCCCCCCC(=O)OC. The van der Waals surface area contributed by atoms with Crippen LogP contribution in [0.25, 0.3) is 0 Å². The van der Waals surface area contributed by atoms with Gasteiger partial charge in [0, 0.05) is 6.42 Å². The third kappa shape index (κ3) is 15.5. The molecule has 23 heavy (non-hydrogen) atoms. The van der Waals surface area contributed by atoms with Gasteiger partial charge >= 0.3 is 5.97 Å². The van der Waals surface area contributed by atoms with Gasteiger partial charge in [-0.25, -0.2) is 4.39 Å². The normalized spacial score (nSPS) is 13.5. The molecule has 0 aliphatic heterocycles. The van der Waals surface area contributed by atoms with Crippen molar-refractivity contribution in [2.75, 3.05) is 7.11 Å². The van der Waals surface area contributed by atoms with Gasteiger partial charge < -0.3 is 9.84 Å². The molecule has 0 saturated carbocycles. The molecule has 0 bridgehead atoms. The first-order valence-electron chi connectivity index (χ1n) is 8.87. The van der Waals surface area contributed by atoms with Crippen molar-refractivity contribution >= 4 is 5.97 Å². The summed E-state index contributed by atoms with van der Waals surface area (Å²) in [5.41, 5.74) is 0. The summed E-state index contributed by atoms with van der Waals surface area (Å²) in [6, 6.07) is 0. The molecular weight excluding hydrogens is 295 g/mol. The summed E-state index contributed by atoms with van der Waals surface area (Å²) in [4.78, 5) is 10.9. The van der Waals surface area contributed by atoms with Crippen molar-refractivity contribution in [3.8, 4) is 0 Å². The molecule has 0 amide bonds. The lowest BCUT2D eigenvalue weighted by molar-refractivity contribution is -0.140. The zero-order valence-corrected chi connectivity index (χ0v) is 14.7. The van der Waals surface area contributed by atoms with Crippen LogP contribution in [0.2, 0.25) is 0 Å². The van der Waals surface area contributed by atoms with E-state index in [9.17, 15) is 14.3 Å². The molecule has 1 N–H and O–H groups in total. The summed E-state index contributed by atoms with van der Waals surface area (Å²) >= 11 is 0. The Labute approximate surface area is 140 Å². The molecule has 0 saturated heterocycles. The summed E-state index contributed by atoms with van der Waals surface area (Å²) in [6.07, 6.45) is 13.7. The van der Waals surface area contributed by atoms with Crippen LogP contribution in [0.15, 0.2) is 24.1 Å². The number of methoxy groups -OCH3 is 1. The minimum absolute atomic E-state index is 0.142. The van der Waals surface area contributed by atoms with Gasteiger partial charge in [-0.05, 0) is 31.8 Å². The second-order valence-electron chi connectivity index (χ2n) is 5.91.